The molecule has 17 heavy (non-hydrogen) atoms. The Bertz CT molecular complexity index is 490. The molecule has 1 aromatic rings. The summed E-state index contributed by atoms with van der Waals surface area (Å²) in [5.74, 6) is 0.788. The molecule has 0 amide bonds. The van der Waals surface area contributed by atoms with Crippen LogP contribution in [-0.4, -0.2) is 24.0 Å². The molecule has 0 aromatic carbocycles. The first-order chi connectivity index (χ1) is 8.16. The van der Waals surface area contributed by atoms with E-state index in [2.05, 4.69) is 20.6 Å². The zero-order valence-corrected chi connectivity index (χ0v) is 10.3. The third-order valence-electron chi connectivity index (χ3n) is 2.82. The Kier molecular flexibility index (Phi) is 3.46. The average Bonchev–Trinajstić information content (AvgIpc) is 2.29. The molecule has 92 valence electrons. The van der Waals surface area contributed by atoms with Crippen molar-refractivity contribution in [2.45, 2.75) is 26.8 Å². The summed E-state index contributed by atoms with van der Waals surface area (Å²) in [4.78, 5) is 18.9. The van der Waals surface area contributed by atoms with Gasteiger partial charge in [-0.15, -0.1) is 0 Å². The number of aromatic amines is 1. The molecule has 0 unspecified atom stereocenters. The Balaban J connectivity index is 2.09. The Morgan fingerprint density at radius 1 is 1.47 bits per heavy atom. The lowest BCUT2D eigenvalue weighted by molar-refractivity contribution is 0.699. The molecule has 0 saturated carbocycles. The molecule has 5 nitrogen and oxygen atoms in total. The van der Waals surface area contributed by atoms with Gasteiger partial charge in [-0.1, -0.05) is 0 Å². The summed E-state index contributed by atoms with van der Waals surface area (Å²) in [5, 5.41) is 6.32. The van der Waals surface area contributed by atoms with Crippen LogP contribution < -0.4 is 16.2 Å². The van der Waals surface area contributed by atoms with Gasteiger partial charge in [-0.3, -0.25) is 9.79 Å². The highest BCUT2D eigenvalue weighted by Gasteiger charge is 2.07. The van der Waals surface area contributed by atoms with Gasteiger partial charge in [0, 0.05) is 30.9 Å². The lowest BCUT2D eigenvalue weighted by Crippen LogP contribution is -2.41. The van der Waals surface area contributed by atoms with E-state index in [4.69, 9.17) is 0 Å². The van der Waals surface area contributed by atoms with Gasteiger partial charge < -0.3 is 15.6 Å². The van der Waals surface area contributed by atoms with Crippen LogP contribution in [-0.2, 0) is 6.54 Å². The number of aromatic nitrogens is 1. The van der Waals surface area contributed by atoms with E-state index in [-0.39, 0.29) is 5.56 Å². The number of guanidine groups is 1. The van der Waals surface area contributed by atoms with E-state index in [0.717, 1.165) is 42.3 Å². The fourth-order valence-corrected chi connectivity index (χ4v) is 1.92. The second-order valence-electron chi connectivity index (χ2n) is 4.31. The number of aryl methyl sites for hydroxylation is 2. The predicted octanol–water partition coefficient (Wildman–Crippen LogP) is 0.431. The number of nitrogens with zero attached hydrogens (tertiary/aromatic N) is 1. The van der Waals surface area contributed by atoms with Crippen LogP contribution >= 0.6 is 0 Å². The smallest absolute Gasteiger partial charge is 0.253 e. The zero-order chi connectivity index (χ0) is 12.3. The third kappa shape index (κ3) is 2.87. The molecule has 0 bridgehead atoms. The summed E-state index contributed by atoms with van der Waals surface area (Å²) in [6, 6.07) is 1.98. The molecule has 0 radical (unpaired) electrons. The Morgan fingerprint density at radius 2 is 2.29 bits per heavy atom. The summed E-state index contributed by atoms with van der Waals surface area (Å²) >= 11 is 0. The van der Waals surface area contributed by atoms with Crippen LogP contribution in [0.2, 0.25) is 0 Å². The Hall–Kier alpha value is -1.78. The summed E-state index contributed by atoms with van der Waals surface area (Å²) < 4.78 is 0. The maximum absolute atomic E-state index is 11.8. The molecule has 0 spiro atoms. The molecule has 0 saturated heterocycles. The SMILES string of the molecule is Cc1cc(C)c(CNC2=NCCCN2)c(=O)[nH]1. The molecule has 5 heteroatoms. The predicted molar refractivity (Wildman–Crippen MR) is 68.3 cm³/mol. The van der Waals surface area contributed by atoms with Gasteiger partial charge in [-0.2, -0.15) is 0 Å². The second-order valence-corrected chi connectivity index (χ2v) is 4.31. The molecule has 1 aromatic heterocycles. The maximum atomic E-state index is 11.8. The van der Waals surface area contributed by atoms with Crippen molar-refractivity contribution in [2.75, 3.05) is 13.1 Å². The molecular formula is C12H18N4O. The minimum absolute atomic E-state index is 0.0218. The van der Waals surface area contributed by atoms with Crippen LogP contribution in [0, 0.1) is 13.8 Å². The van der Waals surface area contributed by atoms with Crippen LogP contribution in [0.25, 0.3) is 0 Å². The molecule has 2 heterocycles. The second kappa shape index (κ2) is 5.03. The van der Waals surface area contributed by atoms with Crippen molar-refractivity contribution >= 4 is 5.96 Å². The van der Waals surface area contributed by atoms with Crippen molar-refractivity contribution in [2.24, 2.45) is 4.99 Å². The average molecular weight is 234 g/mol. The van der Waals surface area contributed by atoms with Crippen molar-refractivity contribution < 1.29 is 0 Å². The number of nitrogens with one attached hydrogen (secondary N) is 3. The maximum Gasteiger partial charge on any atom is 0.253 e. The Morgan fingerprint density at radius 3 is 2.94 bits per heavy atom. The van der Waals surface area contributed by atoms with Crippen molar-refractivity contribution in [3.63, 3.8) is 0 Å². The van der Waals surface area contributed by atoms with E-state index in [1.54, 1.807) is 0 Å². The zero-order valence-electron chi connectivity index (χ0n) is 10.3. The number of H-pyrrole nitrogens is 1. The van der Waals surface area contributed by atoms with E-state index in [1.165, 1.54) is 0 Å². The van der Waals surface area contributed by atoms with Crippen molar-refractivity contribution in [3.8, 4) is 0 Å². The molecule has 3 N–H and O–H groups in total. The standard InChI is InChI=1S/C12H18N4O/c1-8-6-9(2)16-11(17)10(8)7-15-12-13-4-3-5-14-12/h6H,3-5,7H2,1-2H3,(H,16,17)(H2,13,14,15). The minimum Gasteiger partial charge on any atom is -0.356 e. The molecule has 0 fully saturated rings. The van der Waals surface area contributed by atoms with E-state index in [1.807, 2.05) is 19.9 Å². The van der Waals surface area contributed by atoms with Gasteiger partial charge in [0.1, 0.15) is 0 Å². The fourth-order valence-electron chi connectivity index (χ4n) is 1.92. The lowest BCUT2D eigenvalue weighted by Gasteiger charge is -2.16. The monoisotopic (exact) mass is 234 g/mol. The van der Waals surface area contributed by atoms with Crippen LogP contribution in [0.15, 0.2) is 15.9 Å². The van der Waals surface area contributed by atoms with Gasteiger partial charge in [-0.05, 0) is 31.9 Å². The molecule has 0 aliphatic carbocycles. The van der Waals surface area contributed by atoms with Gasteiger partial charge in [0.15, 0.2) is 5.96 Å². The van der Waals surface area contributed by atoms with Crippen molar-refractivity contribution in [3.05, 3.63) is 33.2 Å². The van der Waals surface area contributed by atoms with Gasteiger partial charge in [0.25, 0.3) is 5.56 Å². The molecular weight excluding hydrogens is 216 g/mol. The Labute approximate surface area is 100 Å². The quantitative estimate of drug-likeness (QED) is 0.695. The first-order valence-electron chi connectivity index (χ1n) is 5.88. The summed E-state index contributed by atoms with van der Waals surface area (Å²) in [6.45, 7) is 6.13. The van der Waals surface area contributed by atoms with Crippen LogP contribution in [0.1, 0.15) is 23.2 Å². The number of rotatable bonds is 2. The number of hydrogen-bond acceptors (Lipinski definition) is 4. The van der Waals surface area contributed by atoms with Crippen LogP contribution in [0.3, 0.4) is 0 Å². The summed E-state index contributed by atoms with van der Waals surface area (Å²) in [6.07, 6.45) is 1.06. The van der Waals surface area contributed by atoms with E-state index in [0.29, 0.717) is 6.54 Å². The molecule has 2 rings (SSSR count). The first-order valence-corrected chi connectivity index (χ1v) is 5.88. The number of pyridine rings is 1. The highest BCUT2D eigenvalue weighted by Crippen LogP contribution is 2.03. The molecule has 1 aliphatic heterocycles. The highest BCUT2D eigenvalue weighted by molar-refractivity contribution is 5.80. The first kappa shape index (κ1) is 11.7. The number of hydrogen-bond donors (Lipinski definition) is 3. The summed E-state index contributed by atoms with van der Waals surface area (Å²) in [5.41, 5.74) is 2.65. The van der Waals surface area contributed by atoms with Crippen LogP contribution in [0.5, 0.6) is 0 Å². The van der Waals surface area contributed by atoms with Crippen molar-refractivity contribution in [1.82, 2.24) is 15.6 Å². The normalized spacial score (nSPS) is 15.1. The highest BCUT2D eigenvalue weighted by atomic mass is 16.1. The van der Waals surface area contributed by atoms with Gasteiger partial charge in [-0.25, -0.2) is 0 Å². The van der Waals surface area contributed by atoms with Crippen LogP contribution in [0.4, 0.5) is 0 Å². The summed E-state index contributed by atoms with van der Waals surface area (Å²) in [7, 11) is 0. The minimum atomic E-state index is -0.0218. The largest absolute Gasteiger partial charge is 0.356 e. The van der Waals surface area contributed by atoms with Crippen molar-refractivity contribution in [1.29, 1.82) is 0 Å². The van der Waals surface area contributed by atoms with E-state index >= 15 is 0 Å². The van der Waals surface area contributed by atoms with Gasteiger partial charge in [0.05, 0.1) is 0 Å². The van der Waals surface area contributed by atoms with E-state index < -0.39 is 0 Å². The lowest BCUT2D eigenvalue weighted by atomic mass is 10.1. The topological polar surface area (TPSA) is 69.3 Å². The molecule has 0 atom stereocenters. The molecule has 1 aliphatic rings. The third-order valence-corrected chi connectivity index (χ3v) is 2.82. The fraction of sp³-hybridized carbons (Fsp3) is 0.500. The van der Waals surface area contributed by atoms with Gasteiger partial charge >= 0.3 is 0 Å². The number of aliphatic imine (C=N–C) groups is 1. The van der Waals surface area contributed by atoms with E-state index in [9.17, 15) is 4.79 Å². The van der Waals surface area contributed by atoms with Gasteiger partial charge in [0.2, 0.25) is 0 Å².